The zero-order valence-corrected chi connectivity index (χ0v) is 15.6. The normalized spacial score (nSPS) is 11.3. The van der Waals surface area contributed by atoms with Gasteiger partial charge in [0.1, 0.15) is 10.6 Å². The van der Waals surface area contributed by atoms with Crippen LogP contribution in [0.25, 0.3) is 5.69 Å². The Morgan fingerprint density at radius 2 is 1.89 bits per heavy atom. The van der Waals surface area contributed by atoms with Crippen LogP contribution in [-0.2, 0) is 16.4 Å². The van der Waals surface area contributed by atoms with Gasteiger partial charge < -0.3 is 5.32 Å². The molecule has 0 saturated heterocycles. The van der Waals surface area contributed by atoms with Gasteiger partial charge in [-0.25, -0.2) is 13.1 Å². The summed E-state index contributed by atoms with van der Waals surface area (Å²) in [5.74, 6) is 0. The zero-order valence-electron chi connectivity index (χ0n) is 14.8. The predicted octanol–water partition coefficient (Wildman–Crippen LogP) is 3.10. The van der Waals surface area contributed by atoms with E-state index >= 15 is 0 Å². The molecule has 0 aliphatic rings. The summed E-state index contributed by atoms with van der Waals surface area (Å²) in [4.78, 5) is 10.5. The van der Waals surface area contributed by atoms with E-state index in [0.717, 1.165) is 23.2 Å². The summed E-state index contributed by atoms with van der Waals surface area (Å²) in [6.07, 6.45) is 2.79. The van der Waals surface area contributed by atoms with E-state index < -0.39 is 20.4 Å². The number of nitro benzene ring substituents is 1. The molecule has 8 nitrogen and oxygen atoms in total. The molecular formula is C18H18N4O4S. The van der Waals surface area contributed by atoms with Gasteiger partial charge in [0.05, 0.1) is 16.3 Å². The van der Waals surface area contributed by atoms with Gasteiger partial charge >= 0.3 is 5.69 Å². The second kappa shape index (κ2) is 7.20. The molecule has 0 amide bonds. The monoisotopic (exact) mass is 386 g/mol. The number of nitrogens with zero attached hydrogens (tertiary/aromatic N) is 3. The van der Waals surface area contributed by atoms with Crippen LogP contribution < -0.4 is 5.32 Å². The molecular weight excluding hydrogens is 368 g/mol. The number of anilines is 1. The van der Waals surface area contributed by atoms with Crippen LogP contribution in [0, 0.1) is 17.0 Å². The molecule has 3 rings (SSSR count). The molecule has 0 aliphatic carbocycles. The Balaban J connectivity index is 1.96. The SMILES string of the molecule is Cc1ccn(-c2ccccc2CNc2cccc(S(C)(=O)=O)c2[N+](=O)[O-])n1. The Morgan fingerprint density at radius 1 is 1.15 bits per heavy atom. The Bertz CT molecular complexity index is 1110. The van der Waals surface area contributed by atoms with Crippen molar-refractivity contribution in [1.29, 1.82) is 0 Å². The first-order chi connectivity index (χ1) is 12.8. The highest BCUT2D eigenvalue weighted by molar-refractivity contribution is 7.90. The van der Waals surface area contributed by atoms with Gasteiger partial charge in [-0.15, -0.1) is 0 Å². The number of para-hydroxylation sites is 2. The topological polar surface area (TPSA) is 107 Å². The third-order valence-corrected chi connectivity index (χ3v) is 5.14. The van der Waals surface area contributed by atoms with Crippen molar-refractivity contribution in [2.75, 3.05) is 11.6 Å². The first kappa shape index (κ1) is 18.6. The fourth-order valence-corrected chi connectivity index (χ4v) is 3.64. The lowest BCUT2D eigenvalue weighted by molar-refractivity contribution is -0.386. The van der Waals surface area contributed by atoms with Gasteiger partial charge in [-0.3, -0.25) is 10.1 Å². The molecule has 0 radical (unpaired) electrons. The number of hydrogen-bond acceptors (Lipinski definition) is 6. The second-order valence-electron chi connectivity index (χ2n) is 6.07. The van der Waals surface area contributed by atoms with E-state index in [4.69, 9.17) is 0 Å². The summed E-state index contributed by atoms with van der Waals surface area (Å²) < 4.78 is 25.5. The zero-order chi connectivity index (χ0) is 19.6. The molecule has 0 aliphatic heterocycles. The summed E-state index contributed by atoms with van der Waals surface area (Å²) in [6.45, 7) is 2.15. The maximum atomic E-state index is 11.9. The summed E-state index contributed by atoms with van der Waals surface area (Å²) in [6, 6.07) is 13.6. The molecule has 2 aromatic carbocycles. The maximum absolute atomic E-state index is 11.9. The van der Waals surface area contributed by atoms with E-state index in [-0.39, 0.29) is 17.1 Å². The van der Waals surface area contributed by atoms with Crippen molar-refractivity contribution in [1.82, 2.24) is 9.78 Å². The van der Waals surface area contributed by atoms with Crippen molar-refractivity contribution >= 4 is 21.2 Å². The average molecular weight is 386 g/mol. The second-order valence-corrected chi connectivity index (χ2v) is 8.05. The minimum absolute atomic E-state index is 0.148. The number of aromatic nitrogens is 2. The molecule has 0 unspecified atom stereocenters. The highest BCUT2D eigenvalue weighted by atomic mass is 32.2. The molecule has 0 spiro atoms. The van der Waals surface area contributed by atoms with Crippen LogP contribution in [0.5, 0.6) is 0 Å². The summed E-state index contributed by atoms with van der Waals surface area (Å²) in [5, 5.41) is 18.9. The van der Waals surface area contributed by atoms with Crippen LogP contribution in [0.3, 0.4) is 0 Å². The first-order valence-corrected chi connectivity index (χ1v) is 9.98. The lowest BCUT2D eigenvalue weighted by atomic mass is 10.1. The van der Waals surface area contributed by atoms with Crippen molar-refractivity contribution in [2.24, 2.45) is 0 Å². The van der Waals surface area contributed by atoms with Crippen LogP contribution >= 0.6 is 0 Å². The van der Waals surface area contributed by atoms with Gasteiger partial charge in [0.15, 0.2) is 9.84 Å². The molecule has 1 N–H and O–H groups in total. The molecule has 1 heterocycles. The van der Waals surface area contributed by atoms with E-state index in [1.54, 1.807) is 4.68 Å². The third-order valence-electron chi connectivity index (χ3n) is 4.01. The Kier molecular flexibility index (Phi) is 4.95. The van der Waals surface area contributed by atoms with Gasteiger partial charge in [-0.05, 0) is 36.8 Å². The van der Waals surface area contributed by atoms with E-state index in [0.29, 0.717) is 0 Å². The van der Waals surface area contributed by atoms with E-state index in [9.17, 15) is 18.5 Å². The van der Waals surface area contributed by atoms with Crippen molar-refractivity contribution in [3.63, 3.8) is 0 Å². The van der Waals surface area contributed by atoms with Crippen LogP contribution in [0.4, 0.5) is 11.4 Å². The number of aryl methyl sites for hydroxylation is 1. The van der Waals surface area contributed by atoms with Gasteiger partial charge in [-0.2, -0.15) is 5.10 Å². The van der Waals surface area contributed by atoms with Crippen molar-refractivity contribution in [3.05, 3.63) is 76.1 Å². The average Bonchev–Trinajstić information content (AvgIpc) is 3.05. The smallest absolute Gasteiger partial charge is 0.310 e. The van der Waals surface area contributed by atoms with Gasteiger partial charge in [-0.1, -0.05) is 24.3 Å². The number of sulfone groups is 1. The molecule has 27 heavy (non-hydrogen) atoms. The highest BCUT2D eigenvalue weighted by Gasteiger charge is 2.26. The standard InChI is InChI=1S/C18H18N4O4S/c1-13-10-11-21(20-13)16-8-4-3-6-14(16)12-19-15-7-5-9-17(27(2,25)26)18(15)22(23)24/h3-11,19H,12H2,1-2H3. The summed E-state index contributed by atoms with van der Waals surface area (Å²) in [5.41, 5.74) is 2.26. The minimum atomic E-state index is -3.73. The number of hydrogen-bond donors (Lipinski definition) is 1. The minimum Gasteiger partial charge on any atom is -0.375 e. The van der Waals surface area contributed by atoms with Crippen LogP contribution in [0.1, 0.15) is 11.3 Å². The fraction of sp³-hybridized carbons (Fsp3) is 0.167. The Labute approximate surface area is 156 Å². The van der Waals surface area contributed by atoms with Gasteiger partial charge in [0.2, 0.25) is 0 Å². The first-order valence-electron chi connectivity index (χ1n) is 8.09. The summed E-state index contributed by atoms with van der Waals surface area (Å²) >= 11 is 0. The summed E-state index contributed by atoms with van der Waals surface area (Å²) in [7, 11) is -3.73. The molecule has 9 heteroatoms. The third kappa shape index (κ3) is 3.98. The fourth-order valence-electron chi connectivity index (χ4n) is 2.78. The van der Waals surface area contributed by atoms with Gasteiger partial charge in [0.25, 0.3) is 0 Å². The Morgan fingerprint density at radius 3 is 2.52 bits per heavy atom. The van der Waals surface area contributed by atoms with Crippen molar-refractivity contribution in [3.8, 4) is 5.69 Å². The lowest BCUT2D eigenvalue weighted by Crippen LogP contribution is -2.09. The van der Waals surface area contributed by atoms with Crippen LogP contribution in [0.15, 0.2) is 59.6 Å². The van der Waals surface area contributed by atoms with Crippen LogP contribution in [0.2, 0.25) is 0 Å². The molecule has 0 fully saturated rings. The number of nitro groups is 1. The number of rotatable bonds is 6. The van der Waals surface area contributed by atoms with Crippen molar-refractivity contribution in [2.45, 2.75) is 18.4 Å². The quantitative estimate of drug-likeness (QED) is 0.515. The van der Waals surface area contributed by atoms with E-state index in [1.807, 2.05) is 43.5 Å². The largest absolute Gasteiger partial charge is 0.375 e. The molecule has 0 atom stereocenters. The van der Waals surface area contributed by atoms with E-state index in [2.05, 4.69) is 10.4 Å². The highest BCUT2D eigenvalue weighted by Crippen LogP contribution is 2.32. The predicted molar refractivity (Wildman–Crippen MR) is 102 cm³/mol. The molecule has 0 bridgehead atoms. The lowest BCUT2D eigenvalue weighted by Gasteiger charge is -2.13. The molecule has 3 aromatic rings. The van der Waals surface area contributed by atoms with Crippen LogP contribution in [-0.4, -0.2) is 29.4 Å². The molecule has 0 saturated carbocycles. The molecule has 140 valence electrons. The number of benzene rings is 2. The maximum Gasteiger partial charge on any atom is 0.310 e. The van der Waals surface area contributed by atoms with E-state index in [1.165, 1.54) is 18.2 Å². The number of nitrogens with one attached hydrogen (secondary N) is 1. The molecule has 1 aromatic heterocycles. The van der Waals surface area contributed by atoms with Gasteiger partial charge in [0, 0.05) is 19.0 Å². The van der Waals surface area contributed by atoms with Crippen molar-refractivity contribution < 1.29 is 13.3 Å². The Hall–Kier alpha value is -3.20.